The van der Waals surface area contributed by atoms with Crippen LogP contribution in [0.25, 0.3) is 0 Å². The lowest BCUT2D eigenvalue weighted by Gasteiger charge is -2.38. The first kappa shape index (κ1) is 18.8. The summed E-state index contributed by atoms with van der Waals surface area (Å²) in [5.74, 6) is 1.40. The zero-order valence-corrected chi connectivity index (χ0v) is 15.1. The van der Waals surface area contributed by atoms with Crippen LogP contribution in [0.4, 0.5) is 19.0 Å². The second-order valence-corrected chi connectivity index (χ2v) is 7.21. The van der Waals surface area contributed by atoms with Crippen LogP contribution in [-0.2, 0) is 6.18 Å². The van der Waals surface area contributed by atoms with Gasteiger partial charge in [-0.05, 0) is 43.2 Å². The largest absolute Gasteiger partial charge is 0.417 e. The SMILES string of the molecule is CN=C(NCCCNc1ccc(C(F)(F)F)cn1)N1CCC2(CCC2)C1. The highest BCUT2D eigenvalue weighted by molar-refractivity contribution is 5.80. The predicted molar refractivity (Wildman–Crippen MR) is 96.2 cm³/mol. The number of anilines is 1. The van der Waals surface area contributed by atoms with E-state index in [0.717, 1.165) is 44.3 Å². The number of aliphatic imine (C=N–C) groups is 1. The Morgan fingerprint density at radius 1 is 1.27 bits per heavy atom. The standard InChI is InChI=1S/C18H26F3N5/c1-22-16(26-11-8-17(13-26)6-2-7-17)24-10-3-9-23-15-5-4-14(12-25-15)18(19,20)21/h4-5,12H,2-3,6-11,13H2,1H3,(H,22,24)(H,23,25). The van der Waals surface area contributed by atoms with Crippen LogP contribution in [0.2, 0.25) is 0 Å². The van der Waals surface area contributed by atoms with Crippen molar-refractivity contribution in [2.24, 2.45) is 10.4 Å². The van der Waals surface area contributed by atoms with E-state index >= 15 is 0 Å². The Morgan fingerprint density at radius 3 is 2.62 bits per heavy atom. The number of nitrogens with one attached hydrogen (secondary N) is 2. The number of guanidine groups is 1. The van der Waals surface area contributed by atoms with Crippen molar-refractivity contribution in [3.05, 3.63) is 23.9 Å². The van der Waals surface area contributed by atoms with Crippen molar-refractivity contribution < 1.29 is 13.2 Å². The Hall–Kier alpha value is -1.99. The average Bonchev–Trinajstić information content (AvgIpc) is 3.03. The Kier molecular flexibility index (Phi) is 5.58. The van der Waals surface area contributed by atoms with Crippen molar-refractivity contribution in [2.75, 3.05) is 38.5 Å². The van der Waals surface area contributed by atoms with Crippen molar-refractivity contribution in [3.8, 4) is 0 Å². The van der Waals surface area contributed by atoms with E-state index in [1.165, 1.54) is 31.7 Å². The van der Waals surface area contributed by atoms with Gasteiger partial charge in [0.25, 0.3) is 0 Å². The van der Waals surface area contributed by atoms with Gasteiger partial charge in [0.15, 0.2) is 5.96 Å². The summed E-state index contributed by atoms with van der Waals surface area (Å²) in [6.07, 6.45) is 2.61. The Balaban J connectivity index is 1.36. The molecule has 0 atom stereocenters. The fraction of sp³-hybridized carbons (Fsp3) is 0.667. The number of nitrogens with zero attached hydrogens (tertiary/aromatic N) is 3. The predicted octanol–water partition coefficient (Wildman–Crippen LogP) is 3.35. The van der Waals surface area contributed by atoms with Gasteiger partial charge in [0, 0.05) is 39.4 Å². The van der Waals surface area contributed by atoms with E-state index in [4.69, 9.17) is 0 Å². The minimum absolute atomic E-state index is 0.453. The molecule has 2 aliphatic rings. The molecular weight excluding hydrogens is 343 g/mol. The fourth-order valence-electron chi connectivity index (χ4n) is 3.70. The van der Waals surface area contributed by atoms with Crippen molar-refractivity contribution >= 4 is 11.8 Å². The van der Waals surface area contributed by atoms with Gasteiger partial charge >= 0.3 is 6.18 Å². The van der Waals surface area contributed by atoms with Gasteiger partial charge in [-0.25, -0.2) is 4.98 Å². The van der Waals surface area contributed by atoms with E-state index < -0.39 is 11.7 Å². The number of rotatable bonds is 5. The molecule has 1 aliphatic heterocycles. The van der Waals surface area contributed by atoms with Crippen LogP contribution in [0, 0.1) is 5.41 Å². The monoisotopic (exact) mass is 369 g/mol. The molecule has 0 bridgehead atoms. The van der Waals surface area contributed by atoms with E-state index in [1.807, 2.05) is 0 Å². The smallest absolute Gasteiger partial charge is 0.370 e. The highest BCUT2D eigenvalue weighted by Crippen LogP contribution is 2.47. The maximum Gasteiger partial charge on any atom is 0.417 e. The molecule has 1 spiro atoms. The summed E-state index contributed by atoms with van der Waals surface area (Å²) in [7, 11) is 1.80. The normalized spacial score (nSPS) is 19.5. The van der Waals surface area contributed by atoms with Gasteiger partial charge in [0.1, 0.15) is 5.82 Å². The Labute approximate surface area is 152 Å². The van der Waals surface area contributed by atoms with Crippen LogP contribution in [0.15, 0.2) is 23.3 Å². The quantitative estimate of drug-likeness (QED) is 0.475. The van der Waals surface area contributed by atoms with E-state index in [2.05, 4.69) is 25.5 Å². The molecule has 1 aromatic rings. The molecule has 3 rings (SSSR count). The molecule has 1 saturated heterocycles. The zero-order valence-electron chi connectivity index (χ0n) is 15.1. The van der Waals surface area contributed by atoms with Crippen molar-refractivity contribution in [1.82, 2.24) is 15.2 Å². The molecule has 5 nitrogen and oxygen atoms in total. The van der Waals surface area contributed by atoms with E-state index in [0.29, 0.717) is 17.8 Å². The number of pyridine rings is 1. The molecule has 1 aromatic heterocycles. The van der Waals surface area contributed by atoms with E-state index in [1.54, 1.807) is 7.05 Å². The highest BCUT2D eigenvalue weighted by Gasteiger charge is 2.43. The summed E-state index contributed by atoms with van der Waals surface area (Å²) in [6, 6.07) is 2.40. The molecule has 1 aliphatic carbocycles. The van der Waals surface area contributed by atoms with Crippen molar-refractivity contribution in [3.63, 3.8) is 0 Å². The van der Waals surface area contributed by atoms with Crippen LogP contribution >= 0.6 is 0 Å². The van der Waals surface area contributed by atoms with Gasteiger partial charge in [-0.1, -0.05) is 6.42 Å². The molecule has 2 N–H and O–H groups in total. The fourth-order valence-corrected chi connectivity index (χ4v) is 3.70. The number of hydrogen-bond donors (Lipinski definition) is 2. The van der Waals surface area contributed by atoms with Crippen LogP contribution < -0.4 is 10.6 Å². The molecule has 8 heteroatoms. The summed E-state index contributed by atoms with van der Waals surface area (Å²) >= 11 is 0. The summed E-state index contributed by atoms with van der Waals surface area (Å²) in [5, 5.41) is 6.42. The molecular formula is C18H26F3N5. The summed E-state index contributed by atoms with van der Waals surface area (Å²) < 4.78 is 37.5. The summed E-state index contributed by atoms with van der Waals surface area (Å²) in [4.78, 5) is 10.5. The number of alkyl halides is 3. The lowest BCUT2D eigenvalue weighted by Crippen LogP contribution is -2.43. The van der Waals surface area contributed by atoms with Gasteiger partial charge in [-0.3, -0.25) is 4.99 Å². The number of hydrogen-bond acceptors (Lipinski definition) is 3. The first-order valence-electron chi connectivity index (χ1n) is 9.15. The highest BCUT2D eigenvalue weighted by atomic mass is 19.4. The molecule has 0 amide bonds. The van der Waals surface area contributed by atoms with Gasteiger partial charge in [0.05, 0.1) is 5.56 Å². The maximum absolute atomic E-state index is 12.5. The third-order valence-electron chi connectivity index (χ3n) is 5.40. The second kappa shape index (κ2) is 7.72. The van der Waals surface area contributed by atoms with Crippen LogP contribution in [0.5, 0.6) is 0 Å². The molecule has 1 saturated carbocycles. The molecule has 2 heterocycles. The van der Waals surface area contributed by atoms with Crippen LogP contribution in [0.3, 0.4) is 0 Å². The zero-order chi connectivity index (χ0) is 18.6. The van der Waals surface area contributed by atoms with Gasteiger partial charge in [0.2, 0.25) is 0 Å². The minimum Gasteiger partial charge on any atom is -0.370 e. The van der Waals surface area contributed by atoms with Gasteiger partial charge < -0.3 is 15.5 Å². The Morgan fingerprint density at radius 2 is 2.08 bits per heavy atom. The number of likely N-dealkylation sites (tertiary alicyclic amines) is 1. The van der Waals surface area contributed by atoms with E-state index in [9.17, 15) is 13.2 Å². The third kappa shape index (κ3) is 4.40. The van der Waals surface area contributed by atoms with Crippen LogP contribution in [0.1, 0.15) is 37.7 Å². The first-order chi connectivity index (χ1) is 12.4. The van der Waals surface area contributed by atoms with Crippen molar-refractivity contribution in [2.45, 2.75) is 38.3 Å². The lowest BCUT2D eigenvalue weighted by atomic mass is 9.68. The second-order valence-electron chi connectivity index (χ2n) is 7.21. The molecule has 144 valence electrons. The topological polar surface area (TPSA) is 52.6 Å². The molecule has 26 heavy (non-hydrogen) atoms. The molecule has 0 unspecified atom stereocenters. The van der Waals surface area contributed by atoms with E-state index in [-0.39, 0.29) is 0 Å². The number of aromatic nitrogens is 1. The third-order valence-corrected chi connectivity index (χ3v) is 5.40. The summed E-state index contributed by atoms with van der Waals surface area (Å²) in [6.45, 7) is 3.55. The summed E-state index contributed by atoms with van der Waals surface area (Å²) in [5.41, 5.74) is -0.198. The molecule has 0 aromatic carbocycles. The van der Waals surface area contributed by atoms with Crippen molar-refractivity contribution in [1.29, 1.82) is 0 Å². The molecule has 2 fully saturated rings. The van der Waals surface area contributed by atoms with Gasteiger partial charge in [-0.2, -0.15) is 13.2 Å². The minimum atomic E-state index is -4.35. The molecule has 0 radical (unpaired) electrons. The lowest BCUT2D eigenvalue weighted by molar-refractivity contribution is -0.137. The average molecular weight is 369 g/mol. The number of halogens is 3. The Bertz CT molecular complexity index is 623. The maximum atomic E-state index is 12.5. The first-order valence-corrected chi connectivity index (χ1v) is 9.15. The van der Waals surface area contributed by atoms with Gasteiger partial charge in [-0.15, -0.1) is 0 Å². The van der Waals surface area contributed by atoms with Crippen LogP contribution in [-0.4, -0.2) is 49.1 Å².